The molecule has 0 aromatic heterocycles. The number of carboxylic acid groups (broad SMARTS) is 1. The first-order chi connectivity index (χ1) is 8.25. The summed E-state index contributed by atoms with van der Waals surface area (Å²) in [7, 11) is 0. The first-order valence-electron chi connectivity index (χ1n) is 4.76. The molecule has 1 unspecified atom stereocenters. The second-order valence-corrected chi connectivity index (χ2v) is 4.83. The smallest absolute Gasteiger partial charge is 0.417 e. The minimum atomic E-state index is -4.63. The summed E-state index contributed by atoms with van der Waals surface area (Å²) in [6.45, 7) is 1.37. The van der Waals surface area contributed by atoms with Crippen LogP contribution in [0.1, 0.15) is 18.1 Å². The van der Waals surface area contributed by atoms with Gasteiger partial charge in [0.15, 0.2) is 0 Å². The van der Waals surface area contributed by atoms with E-state index < -0.39 is 28.5 Å². The van der Waals surface area contributed by atoms with Crippen LogP contribution in [0.5, 0.6) is 0 Å². The van der Waals surface area contributed by atoms with Gasteiger partial charge in [0.1, 0.15) is 5.25 Å². The van der Waals surface area contributed by atoms with Crippen LogP contribution in [0.3, 0.4) is 0 Å². The standard InChI is InChI=1S/C11H8F3NO2S/c1-6(10(16)17)18-8-3-2-7(5-15)9(4-8)11(12,13)14/h2-4,6H,1H3,(H,16,17). The lowest BCUT2D eigenvalue weighted by molar-refractivity contribution is -0.138. The van der Waals surface area contributed by atoms with E-state index >= 15 is 0 Å². The largest absolute Gasteiger partial charge is 0.480 e. The number of hydrogen-bond acceptors (Lipinski definition) is 3. The van der Waals surface area contributed by atoms with Crippen molar-refractivity contribution in [1.29, 1.82) is 5.26 Å². The zero-order valence-corrected chi connectivity index (χ0v) is 9.97. The fourth-order valence-corrected chi connectivity index (χ4v) is 2.02. The summed E-state index contributed by atoms with van der Waals surface area (Å²) in [5.74, 6) is -1.11. The third-order valence-electron chi connectivity index (χ3n) is 2.08. The summed E-state index contributed by atoms with van der Waals surface area (Å²) in [6.07, 6.45) is -4.63. The predicted molar refractivity (Wildman–Crippen MR) is 59.1 cm³/mol. The van der Waals surface area contributed by atoms with Crippen LogP contribution >= 0.6 is 11.8 Å². The third kappa shape index (κ3) is 3.40. The molecule has 18 heavy (non-hydrogen) atoms. The van der Waals surface area contributed by atoms with Gasteiger partial charge in [0.25, 0.3) is 0 Å². The predicted octanol–water partition coefficient (Wildman–Crippen LogP) is 3.14. The van der Waals surface area contributed by atoms with Gasteiger partial charge in [-0.15, -0.1) is 11.8 Å². The van der Waals surface area contributed by atoms with Crippen molar-refractivity contribution in [1.82, 2.24) is 0 Å². The third-order valence-corrected chi connectivity index (χ3v) is 3.16. The Bertz CT molecular complexity index is 508. The van der Waals surface area contributed by atoms with Crippen LogP contribution in [0.25, 0.3) is 0 Å². The van der Waals surface area contributed by atoms with Gasteiger partial charge in [-0.3, -0.25) is 4.79 Å². The Morgan fingerprint density at radius 2 is 2.11 bits per heavy atom. The Morgan fingerprint density at radius 3 is 2.56 bits per heavy atom. The number of rotatable bonds is 3. The van der Waals surface area contributed by atoms with Crippen molar-refractivity contribution in [2.45, 2.75) is 23.2 Å². The van der Waals surface area contributed by atoms with Gasteiger partial charge >= 0.3 is 12.1 Å². The second-order valence-electron chi connectivity index (χ2n) is 3.42. The van der Waals surface area contributed by atoms with E-state index in [4.69, 9.17) is 10.4 Å². The highest BCUT2D eigenvalue weighted by molar-refractivity contribution is 8.00. The summed E-state index contributed by atoms with van der Waals surface area (Å²) in [4.78, 5) is 10.8. The van der Waals surface area contributed by atoms with Gasteiger partial charge < -0.3 is 5.11 Å². The van der Waals surface area contributed by atoms with Crippen molar-refractivity contribution in [3.8, 4) is 6.07 Å². The molecule has 7 heteroatoms. The summed E-state index contributed by atoms with van der Waals surface area (Å²) in [5.41, 5.74) is -1.53. The Balaban J connectivity index is 3.12. The lowest BCUT2D eigenvalue weighted by atomic mass is 10.1. The molecular weight excluding hydrogens is 267 g/mol. The highest BCUT2D eigenvalue weighted by atomic mass is 32.2. The summed E-state index contributed by atoms with van der Waals surface area (Å²) in [5, 5.41) is 16.4. The van der Waals surface area contributed by atoms with Crippen molar-refractivity contribution >= 4 is 17.7 Å². The molecule has 0 fully saturated rings. The van der Waals surface area contributed by atoms with Gasteiger partial charge in [-0.25, -0.2) is 0 Å². The second kappa shape index (κ2) is 5.31. The van der Waals surface area contributed by atoms with Crippen molar-refractivity contribution in [3.05, 3.63) is 29.3 Å². The molecule has 3 nitrogen and oxygen atoms in total. The average molecular weight is 275 g/mol. The van der Waals surface area contributed by atoms with E-state index in [1.807, 2.05) is 0 Å². The van der Waals surface area contributed by atoms with E-state index in [0.29, 0.717) is 0 Å². The minimum absolute atomic E-state index is 0.163. The molecule has 0 aliphatic rings. The van der Waals surface area contributed by atoms with Crippen LogP contribution in [0.15, 0.2) is 23.1 Å². The lowest BCUT2D eigenvalue weighted by Crippen LogP contribution is -2.12. The van der Waals surface area contributed by atoms with Crippen LogP contribution in [-0.2, 0) is 11.0 Å². The van der Waals surface area contributed by atoms with Gasteiger partial charge in [-0.2, -0.15) is 18.4 Å². The van der Waals surface area contributed by atoms with E-state index in [9.17, 15) is 18.0 Å². The number of benzene rings is 1. The van der Waals surface area contributed by atoms with Crippen molar-refractivity contribution in [3.63, 3.8) is 0 Å². The van der Waals surface area contributed by atoms with Gasteiger partial charge in [-0.1, -0.05) is 0 Å². The maximum absolute atomic E-state index is 12.6. The van der Waals surface area contributed by atoms with E-state index in [1.54, 1.807) is 0 Å². The molecule has 1 aromatic rings. The van der Waals surface area contributed by atoms with Gasteiger partial charge in [0.05, 0.1) is 17.2 Å². The number of carboxylic acids is 1. The molecule has 1 aromatic carbocycles. The normalized spacial score (nSPS) is 12.8. The van der Waals surface area contributed by atoms with Gasteiger partial charge in [0.2, 0.25) is 0 Å². The number of halogens is 3. The number of nitriles is 1. The Hall–Kier alpha value is -1.68. The minimum Gasteiger partial charge on any atom is -0.480 e. The first-order valence-corrected chi connectivity index (χ1v) is 5.64. The molecule has 0 aliphatic heterocycles. The SMILES string of the molecule is CC(Sc1ccc(C#N)c(C(F)(F)F)c1)C(=O)O. The molecule has 0 saturated carbocycles. The Labute approximate surface area is 105 Å². The summed E-state index contributed by atoms with van der Waals surface area (Å²) in [6, 6.07) is 4.60. The maximum atomic E-state index is 12.6. The first kappa shape index (κ1) is 14.4. The monoisotopic (exact) mass is 275 g/mol. The highest BCUT2D eigenvalue weighted by Crippen LogP contribution is 2.35. The zero-order chi connectivity index (χ0) is 13.9. The van der Waals surface area contributed by atoms with Crippen LogP contribution < -0.4 is 0 Å². The Kier molecular flexibility index (Phi) is 4.24. The molecule has 1 atom stereocenters. The van der Waals surface area contributed by atoms with E-state index in [2.05, 4.69) is 0 Å². The number of hydrogen-bond donors (Lipinski definition) is 1. The number of alkyl halides is 3. The molecule has 1 N–H and O–H groups in total. The molecule has 1 rings (SSSR count). The van der Waals surface area contributed by atoms with Crippen molar-refractivity contribution < 1.29 is 23.1 Å². The lowest BCUT2D eigenvalue weighted by Gasteiger charge is -2.11. The van der Waals surface area contributed by atoms with E-state index in [-0.39, 0.29) is 4.90 Å². The molecule has 0 heterocycles. The topological polar surface area (TPSA) is 61.1 Å². The van der Waals surface area contributed by atoms with Crippen molar-refractivity contribution in [2.24, 2.45) is 0 Å². The Morgan fingerprint density at radius 1 is 1.50 bits per heavy atom. The molecule has 0 radical (unpaired) electrons. The highest BCUT2D eigenvalue weighted by Gasteiger charge is 2.34. The van der Waals surface area contributed by atoms with Crippen LogP contribution in [-0.4, -0.2) is 16.3 Å². The number of carbonyl (C=O) groups is 1. The molecule has 96 valence electrons. The van der Waals surface area contributed by atoms with Crippen molar-refractivity contribution in [2.75, 3.05) is 0 Å². The summed E-state index contributed by atoms with van der Waals surface area (Å²) >= 11 is 0.792. The number of nitrogens with zero attached hydrogens (tertiary/aromatic N) is 1. The number of aliphatic carboxylic acids is 1. The van der Waals surface area contributed by atoms with Crippen LogP contribution in [0.4, 0.5) is 13.2 Å². The van der Waals surface area contributed by atoms with Gasteiger partial charge in [0, 0.05) is 4.90 Å². The molecule has 0 bridgehead atoms. The molecular formula is C11H8F3NO2S. The molecule has 0 amide bonds. The van der Waals surface area contributed by atoms with Gasteiger partial charge in [-0.05, 0) is 25.1 Å². The average Bonchev–Trinajstić information content (AvgIpc) is 2.27. The maximum Gasteiger partial charge on any atom is 0.417 e. The van der Waals surface area contributed by atoms with E-state index in [0.717, 1.165) is 23.9 Å². The molecule has 0 aliphatic carbocycles. The van der Waals surface area contributed by atoms with Crippen LogP contribution in [0.2, 0.25) is 0 Å². The quantitative estimate of drug-likeness (QED) is 0.861. The molecule has 0 spiro atoms. The fourth-order valence-electron chi connectivity index (χ4n) is 1.18. The van der Waals surface area contributed by atoms with Crippen LogP contribution in [0, 0.1) is 11.3 Å². The number of thioether (sulfide) groups is 1. The molecule has 0 saturated heterocycles. The van der Waals surface area contributed by atoms with E-state index in [1.165, 1.54) is 19.1 Å². The fraction of sp³-hybridized carbons (Fsp3) is 0.273. The summed E-state index contributed by atoms with van der Waals surface area (Å²) < 4.78 is 37.9. The zero-order valence-electron chi connectivity index (χ0n) is 9.15.